The average molecular weight is 275 g/mol. The fourth-order valence-electron chi connectivity index (χ4n) is 2.48. The number of nitrogens with one attached hydrogen (secondary N) is 2. The summed E-state index contributed by atoms with van der Waals surface area (Å²) in [6.07, 6.45) is 3.73. The van der Waals surface area contributed by atoms with Crippen LogP contribution in [0.25, 0.3) is 0 Å². The zero-order valence-corrected chi connectivity index (χ0v) is 11.5. The second-order valence-electron chi connectivity index (χ2n) is 5.23. The Morgan fingerprint density at radius 1 is 1.30 bits per heavy atom. The Labute approximate surface area is 118 Å². The summed E-state index contributed by atoms with van der Waals surface area (Å²) in [6.45, 7) is 2.10. The van der Waals surface area contributed by atoms with Gasteiger partial charge in [-0.3, -0.25) is 9.59 Å². The maximum absolute atomic E-state index is 11.9. The summed E-state index contributed by atoms with van der Waals surface area (Å²) >= 11 is 0. The molecule has 2 rings (SSSR count). The van der Waals surface area contributed by atoms with Gasteiger partial charge in [-0.05, 0) is 56.5 Å². The van der Waals surface area contributed by atoms with E-state index in [0.717, 1.165) is 32.4 Å². The van der Waals surface area contributed by atoms with Crippen molar-refractivity contribution < 1.29 is 9.59 Å². The van der Waals surface area contributed by atoms with Gasteiger partial charge < -0.3 is 16.4 Å². The molecule has 1 aliphatic rings. The standard InChI is InChI=1S/C15H21N3O2/c16-15(20)12-2-1-3-13(10-12)18-14(19)5-4-11-6-8-17-9-7-11/h1-3,10-11,17H,4-9H2,(H2,16,20)(H,18,19). The van der Waals surface area contributed by atoms with Gasteiger partial charge in [-0.25, -0.2) is 0 Å². The molecule has 0 atom stereocenters. The molecular formula is C15H21N3O2. The highest BCUT2D eigenvalue weighted by Gasteiger charge is 2.14. The molecule has 1 aromatic rings. The lowest BCUT2D eigenvalue weighted by Crippen LogP contribution is -2.28. The van der Waals surface area contributed by atoms with Gasteiger partial charge in [-0.2, -0.15) is 0 Å². The highest BCUT2D eigenvalue weighted by Crippen LogP contribution is 2.18. The Morgan fingerprint density at radius 3 is 2.75 bits per heavy atom. The van der Waals surface area contributed by atoms with Gasteiger partial charge >= 0.3 is 0 Å². The number of amides is 2. The summed E-state index contributed by atoms with van der Waals surface area (Å²) in [5.41, 5.74) is 6.24. The van der Waals surface area contributed by atoms with Crippen molar-refractivity contribution in [2.45, 2.75) is 25.7 Å². The number of rotatable bonds is 5. The molecule has 2 amide bonds. The molecule has 1 saturated heterocycles. The number of hydrogen-bond donors (Lipinski definition) is 3. The van der Waals surface area contributed by atoms with Crippen molar-refractivity contribution in [2.75, 3.05) is 18.4 Å². The Morgan fingerprint density at radius 2 is 2.05 bits per heavy atom. The Balaban J connectivity index is 1.81. The number of hydrogen-bond acceptors (Lipinski definition) is 3. The van der Waals surface area contributed by atoms with Crippen LogP contribution in [-0.2, 0) is 4.79 Å². The molecule has 0 spiro atoms. The van der Waals surface area contributed by atoms with Crippen LogP contribution in [0.1, 0.15) is 36.0 Å². The monoisotopic (exact) mass is 275 g/mol. The minimum atomic E-state index is -0.490. The van der Waals surface area contributed by atoms with E-state index in [1.54, 1.807) is 24.3 Å². The largest absolute Gasteiger partial charge is 0.366 e. The van der Waals surface area contributed by atoms with Gasteiger partial charge in [0.25, 0.3) is 0 Å². The van der Waals surface area contributed by atoms with E-state index < -0.39 is 5.91 Å². The van der Waals surface area contributed by atoms with E-state index in [0.29, 0.717) is 23.6 Å². The van der Waals surface area contributed by atoms with Crippen LogP contribution in [0.4, 0.5) is 5.69 Å². The normalized spacial score (nSPS) is 15.8. The molecule has 1 aliphatic heterocycles. The molecule has 1 fully saturated rings. The molecule has 4 N–H and O–H groups in total. The number of carbonyl (C=O) groups is 2. The lowest BCUT2D eigenvalue weighted by molar-refractivity contribution is -0.116. The molecule has 0 unspecified atom stereocenters. The summed E-state index contributed by atoms with van der Waals surface area (Å²) < 4.78 is 0. The number of primary amides is 1. The van der Waals surface area contributed by atoms with Gasteiger partial charge in [-0.1, -0.05) is 6.07 Å². The van der Waals surface area contributed by atoms with E-state index in [4.69, 9.17) is 5.73 Å². The SMILES string of the molecule is NC(=O)c1cccc(NC(=O)CCC2CCNCC2)c1. The van der Waals surface area contributed by atoms with Gasteiger partial charge in [-0.15, -0.1) is 0 Å². The first kappa shape index (κ1) is 14.5. The van der Waals surface area contributed by atoms with Crippen LogP contribution in [0, 0.1) is 5.92 Å². The van der Waals surface area contributed by atoms with Crippen LogP contribution in [0.2, 0.25) is 0 Å². The van der Waals surface area contributed by atoms with E-state index in [1.807, 2.05) is 0 Å². The van der Waals surface area contributed by atoms with Crippen LogP contribution >= 0.6 is 0 Å². The topological polar surface area (TPSA) is 84.2 Å². The van der Waals surface area contributed by atoms with Crippen molar-refractivity contribution in [3.05, 3.63) is 29.8 Å². The van der Waals surface area contributed by atoms with E-state index in [-0.39, 0.29) is 5.91 Å². The minimum absolute atomic E-state index is 0.00912. The third-order valence-electron chi connectivity index (χ3n) is 3.67. The minimum Gasteiger partial charge on any atom is -0.366 e. The van der Waals surface area contributed by atoms with Gasteiger partial charge in [0, 0.05) is 17.7 Å². The number of benzene rings is 1. The summed E-state index contributed by atoms with van der Waals surface area (Å²) in [4.78, 5) is 23.0. The zero-order valence-electron chi connectivity index (χ0n) is 11.5. The van der Waals surface area contributed by atoms with Gasteiger partial charge in [0.2, 0.25) is 11.8 Å². The molecule has 0 aromatic heterocycles. The predicted molar refractivity (Wildman–Crippen MR) is 78.4 cm³/mol. The Bertz CT molecular complexity index is 482. The van der Waals surface area contributed by atoms with Crippen molar-refractivity contribution >= 4 is 17.5 Å². The van der Waals surface area contributed by atoms with Crippen LogP contribution in [0.3, 0.4) is 0 Å². The van der Waals surface area contributed by atoms with Crippen molar-refractivity contribution in [3.63, 3.8) is 0 Å². The first-order valence-electron chi connectivity index (χ1n) is 7.05. The molecular weight excluding hydrogens is 254 g/mol. The van der Waals surface area contributed by atoms with Crippen LogP contribution in [0.15, 0.2) is 24.3 Å². The van der Waals surface area contributed by atoms with E-state index >= 15 is 0 Å². The summed E-state index contributed by atoms with van der Waals surface area (Å²) in [6, 6.07) is 6.70. The molecule has 5 heteroatoms. The van der Waals surface area contributed by atoms with Gasteiger partial charge in [0.15, 0.2) is 0 Å². The number of piperidine rings is 1. The number of anilines is 1. The summed E-state index contributed by atoms with van der Waals surface area (Å²) in [5, 5.41) is 6.13. The molecule has 108 valence electrons. The maximum Gasteiger partial charge on any atom is 0.248 e. The Hall–Kier alpha value is -1.88. The summed E-state index contributed by atoms with van der Waals surface area (Å²) in [7, 11) is 0. The van der Waals surface area contributed by atoms with Crippen LogP contribution < -0.4 is 16.4 Å². The first-order chi connectivity index (χ1) is 9.65. The molecule has 5 nitrogen and oxygen atoms in total. The van der Waals surface area contributed by atoms with Crippen LogP contribution in [-0.4, -0.2) is 24.9 Å². The predicted octanol–water partition coefficient (Wildman–Crippen LogP) is 1.50. The fraction of sp³-hybridized carbons (Fsp3) is 0.467. The first-order valence-corrected chi connectivity index (χ1v) is 7.05. The quantitative estimate of drug-likeness (QED) is 0.761. The number of carbonyl (C=O) groups excluding carboxylic acids is 2. The molecule has 1 aromatic carbocycles. The summed E-state index contributed by atoms with van der Waals surface area (Å²) in [5.74, 6) is 0.139. The maximum atomic E-state index is 11.9. The average Bonchev–Trinajstić information content (AvgIpc) is 2.46. The second-order valence-corrected chi connectivity index (χ2v) is 5.23. The van der Waals surface area contributed by atoms with Gasteiger partial charge in [0.05, 0.1) is 0 Å². The van der Waals surface area contributed by atoms with Crippen LogP contribution in [0.5, 0.6) is 0 Å². The molecule has 20 heavy (non-hydrogen) atoms. The van der Waals surface area contributed by atoms with E-state index in [9.17, 15) is 9.59 Å². The Kier molecular flexibility index (Phi) is 5.12. The molecule has 0 bridgehead atoms. The second kappa shape index (κ2) is 7.05. The lowest BCUT2D eigenvalue weighted by atomic mass is 9.93. The van der Waals surface area contributed by atoms with Crippen molar-refractivity contribution in [1.82, 2.24) is 5.32 Å². The zero-order chi connectivity index (χ0) is 14.4. The van der Waals surface area contributed by atoms with Crippen molar-refractivity contribution in [3.8, 4) is 0 Å². The molecule has 0 aliphatic carbocycles. The lowest BCUT2D eigenvalue weighted by Gasteiger charge is -2.22. The fourth-order valence-corrected chi connectivity index (χ4v) is 2.48. The highest BCUT2D eigenvalue weighted by atomic mass is 16.2. The number of nitrogens with two attached hydrogens (primary N) is 1. The van der Waals surface area contributed by atoms with Gasteiger partial charge in [0.1, 0.15) is 0 Å². The third kappa shape index (κ3) is 4.35. The van der Waals surface area contributed by atoms with E-state index in [2.05, 4.69) is 10.6 Å². The van der Waals surface area contributed by atoms with E-state index in [1.165, 1.54) is 0 Å². The highest BCUT2D eigenvalue weighted by molar-refractivity contribution is 5.96. The smallest absolute Gasteiger partial charge is 0.248 e. The molecule has 1 heterocycles. The molecule has 0 saturated carbocycles. The van der Waals surface area contributed by atoms with Crippen molar-refractivity contribution in [1.29, 1.82) is 0 Å². The van der Waals surface area contributed by atoms with Crippen molar-refractivity contribution in [2.24, 2.45) is 11.7 Å². The third-order valence-corrected chi connectivity index (χ3v) is 3.67. The molecule has 0 radical (unpaired) electrons.